The molecule has 0 radical (unpaired) electrons. The topological polar surface area (TPSA) is 110 Å². The Kier molecular flexibility index (Phi) is 5.66. The van der Waals surface area contributed by atoms with E-state index in [1.165, 1.54) is 0 Å². The lowest BCUT2D eigenvalue weighted by Crippen LogP contribution is -2.35. The van der Waals surface area contributed by atoms with Crippen LogP contribution in [0.15, 0.2) is 30.3 Å². The predicted octanol–water partition coefficient (Wildman–Crippen LogP) is -0.0528. The second-order valence-corrected chi connectivity index (χ2v) is 5.79. The Morgan fingerprint density at radius 1 is 1.30 bits per heavy atom. The van der Waals surface area contributed by atoms with Crippen molar-refractivity contribution in [3.8, 4) is 0 Å². The minimum atomic E-state index is -3.92. The van der Waals surface area contributed by atoms with Crippen LogP contribution >= 0.6 is 0 Å². The van der Waals surface area contributed by atoms with Gasteiger partial charge in [0.2, 0.25) is 10.0 Å². The molecule has 0 amide bonds. The number of aliphatic carboxylic acids is 1. The van der Waals surface area contributed by atoms with E-state index in [4.69, 9.17) is 5.11 Å². The van der Waals surface area contributed by atoms with Gasteiger partial charge < -0.3 is 9.84 Å². The second kappa shape index (κ2) is 7.01. The van der Waals surface area contributed by atoms with E-state index >= 15 is 0 Å². The van der Waals surface area contributed by atoms with E-state index in [2.05, 4.69) is 9.46 Å². The first kappa shape index (κ1) is 16.1. The van der Waals surface area contributed by atoms with Gasteiger partial charge in [-0.05, 0) is 5.56 Å². The zero-order chi connectivity index (χ0) is 15.2. The van der Waals surface area contributed by atoms with Crippen LogP contribution in [-0.2, 0) is 24.3 Å². The van der Waals surface area contributed by atoms with Gasteiger partial charge in [0.05, 0.1) is 13.0 Å². The minimum Gasteiger partial charge on any atom is -0.481 e. The average molecular weight is 301 g/mol. The highest BCUT2D eigenvalue weighted by Gasteiger charge is 2.23. The number of carboxylic acids is 1. The van der Waals surface area contributed by atoms with Crippen LogP contribution in [0.3, 0.4) is 0 Å². The van der Waals surface area contributed by atoms with Crippen LogP contribution < -0.4 is 4.72 Å². The van der Waals surface area contributed by atoms with Gasteiger partial charge in [0.15, 0.2) is 5.75 Å². The summed E-state index contributed by atoms with van der Waals surface area (Å²) in [6.45, 7) is -0.335. The first-order chi connectivity index (χ1) is 9.35. The Morgan fingerprint density at radius 2 is 1.90 bits per heavy atom. The van der Waals surface area contributed by atoms with Gasteiger partial charge in [-0.2, -0.15) is 0 Å². The molecular formula is C12H15NO6S. The standard InChI is InChI=1S/C12H15NO6S/c1-19-11(14)8-20(17,18)13-7-10(12(15)16)9-5-3-2-4-6-9/h2-6,10,13H,7-8H2,1H3,(H,15,16). The lowest BCUT2D eigenvalue weighted by atomic mass is 10.00. The molecule has 1 aromatic carbocycles. The molecular weight excluding hydrogens is 286 g/mol. The highest BCUT2D eigenvalue weighted by Crippen LogP contribution is 2.15. The van der Waals surface area contributed by atoms with Gasteiger partial charge in [0, 0.05) is 6.54 Å². The summed E-state index contributed by atoms with van der Waals surface area (Å²) < 4.78 is 29.5. The van der Waals surface area contributed by atoms with Crippen molar-refractivity contribution < 1.29 is 27.9 Å². The molecule has 2 N–H and O–H groups in total. The average Bonchev–Trinajstić information content (AvgIpc) is 2.39. The smallest absolute Gasteiger partial charge is 0.322 e. The lowest BCUT2D eigenvalue weighted by molar-refractivity contribution is -0.139. The molecule has 1 unspecified atom stereocenters. The number of nitrogens with one attached hydrogen (secondary N) is 1. The van der Waals surface area contributed by atoms with Crippen molar-refractivity contribution in [1.29, 1.82) is 0 Å². The predicted molar refractivity (Wildman–Crippen MR) is 70.6 cm³/mol. The van der Waals surface area contributed by atoms with Crippen LogP contribution in [-0.4, -0.2) is 44.9 Å². The summed E-state index contributed by atoms with van der Waals surface area (Å²) in [5.41, 5.74) is 0.473. The van der Waals surface area contributed by atoms with E-state index in [9.17, 15) is 18.0 Å². The van der Waals surface area contributed by atoms with Crippen LogP contribution in [0, 0.1) is 0 Å². The number of sulfonamides is 1. The van der Waals surface area contributed by atoms with Crippen LogP contribution in [0.4, 0.5) is 0 Å². The maximum Gasteiger partial charge on any atom is 0.322 e. The molecule has 1 atom stereocenters. The molecule has 0 saturated carbocycles. The van der Waals surface area contributed by atoms with Crippen molar-refractivity contribution in [2.75, 3.05) is 19.4 Å². The minimum absolute atomic E-state index is 0.335. The maximum atomic E-state index is 11.6. The second-order valence-electron chi connectivity index (χ2n) is 3.99. The van der Waals surface area contributed by atoms with Crippen molar-refractivity contribution >= 4 is 22.0 Å². The summed E-state index contributed by atoms with van der Waals surface area (Å²) in [4.78, 5) is 22.1. The fraction of sp³-hybridized carbons (Fsp3) is 0.333. The maximum absolute atomic E-state index is 11.6. The van der Waals surface area contributed by atoms with E-state index in [1.807, 2.05) is 0 Å². The number of carbonyl (C=O) groups is 2. The van der Waals surface area contributed by atoms with Gasteiger partial charge >= 0.3 is 11.9 Å². The molecule has 0 spiro atoms. The summed E-state index contributed by atoms with van der Waals surface area (Å²) >= 11 is 0. The zero-order valence-corrected chi connectivity index (χ0v) is 11.6. The van der Waals surface area contributed by atoms with E-state index in [1.54, 1.807) is 30.3 Å². The van der Waals surface area contributed by atoms with Crippen molar-refractivity contribution in [2.45, 2.75) is 5.92 Å². The number of rotatable bonds is 7. The molecule has 0 aliphatic carbocycles. The fourth-order valence-corrected chi connectivity index (χ4v) is 2.46. The highest BCUT2D eigenvalue weighted by molar-refractivity contribution is 7.90. The number of hydrogen-bond acceptors (Lipinski definition) is 5. The van der Waals surface area contributed by atoms with Crippen LogP contribution in [0.1, 0.15) is 11.5 Å². The third kappa shape index (κ3) is 4.98. The number of carbonyl (C=O) groups excluding carboxylic acids is 1. The zero-order valence-electron chi connectivity index (χ0n) is 10.8. The van der Waals surface area contributed by atoms with E-state index in [0.717, 1.165) is 7.11 Å². The summed E-state index contributed by atoms with van der Waals surface area (Å²) in [5.74, 6) is -3.94. The van der Waals surface area contributed by atoms with Crippen LogP contribution in [0.25, 0.3) is 0 Å². The molecule has 20 heavy (non-hydrogen) atoms. The van der Waals surface area contributed by atoms with E-state index in [0.29, 0.717) is 5.56 Å². The largest absolute Gasteiger partial charge is 0.481 e. The number of methoxy groups -OCH3 is 1. The Bertz CT molecular complexity index is 569. The molecule has 7 nitrogen and oxygen atoms in total. The van der Waals surface area contributed by atoms with Gasteiger partial charge in [0.25, 0.3) is 0 Å². The molecule has 110 valence electrons. The number of ether oxygens (including phenoxy) is 1. The van der Waals surface area contributed by atoms with Crippen LogP contribution in [0.5, 0.6) is 0 Å². The van der Waals surface area contributed by atoms with Gasteiger partial charge in [-0.3, -0.25) is 9.59 Å². The molecule has 8 heteroatoms. The van der Waals surface area contributed by atoms with Gasteiger partial charge in [-0.1, -0.05) is 30.3 Å². The summed E-state index contributed by atoms with van der Waals surface area (Å²) in [5, 5.41) is 9.13. The Labute approximate surface area is 116 Å². The summed E-state index contributed by atoms with van der Waals surface area (Å²) in [6, 6.07) is 8.23. The fourth-order valence-electron chi connectivity index (χ4n) is 1.51. The Morgan fingerprint density at radius 3 is 2.40 bits per heavy atom. The normalized spacial score (nSPS) is 12.7. The Balaban J connectivity index is 2.74. The third-order valence-electron chi connectivity index (χ3n) is 2.54. The van der Waals surface area contributed by atoms with Gasteiger partial charge in [0.1, 0.15) is 0 Å². The number of carboxylic acid groups (broad SMARTS) is 1. The summed E-state index contributed by atoms with van der Waals surface area (Å²) in [6.07, 6.45) is 0. The molecule has 0 aliphatic heterocycles. The van der Waals surface area contributed by atoms with Gasteiger partial charge in [-0.25, -0.2) is 13.1 Å². The third-order valence-corrected chi connectivity index (χ3v) is 3.77. The molecule has 0 fully saturated rings. The SMILES string of the molecule is COC(=O)CS(=O)(=O)NCC(C(=O)O)c1ccccc1. The molecule has 0 bridgehead atoms. The quantitative estimate of drug-likeness (QED) is 0.683. The molecule has 1 aromatic rings. The number of hydrogen-bond donors (Lipinski definition) is 2. The van der Waals surface area contributed by atoms with Crippen molar-refractivity contribution in [2.24, 2.45) is 0 Å². The molecule has 0 aliphatic rings. The highest BCUT2D eigenvalue weighted by atomic mass is 32.2. The summed E-state index contributed by atoms with van der Waals surface area (Å²) in [7, 11) is -2.85. The number of esters is 1. The Hall–Kier alpha value is -1.93. The van der Waals surface area contributed by atoms with Crippen molar-refractivity contribution in [3.63, 3.8) is 0 Å². The van der Waals surface area contributed by atoms with Crippen LogP contribution in [0.2, 0.25) is 0 Å². The van der Waals surface area contributed by atoms with Crippen molar-refractivity contribution in [1.82, 2.24) is 4.72 Å². The monoisotopic (exact) mass is 301 g/mol. The first-order valence-electron chi connectivity index (χ1n) is 5.67. The first-order valence-corrected chi connectivity index (χ1v) is 7.33. The van der Waals surface area contributed by atoms with Gasteiger partial charge in [-0.15, -0.1) is 0 Å². The lowest BCUT2D eigenvalue weighted by Gasteiger charge is -2.13. The van der Waals surface area contributed by atoms with Crippen molar-refractivity contribution in [3.05, 3.63) is 35.9 Å². The molecule has 1 rings (SSSR count). The number of benzene rings is 1. The van der Waals surface area contributed by atoms with E-state index in [-0.39, 0.29) is 6.54 Å². The molecule has 0 saturated heterocycles. The van der Waals surface area contributed by atoms with E-state index < -0.39 is 33.6 Å². The molecule has 0 aromatic heterocycles. The molecule has 0 heterocycles.